The van der Waals surface area contributed by atoms with E-state index in [-0.39, 0.29) is 5.82 Å². The first kappa shape index (κ1) is 12.9. The van der Waals surface area contributed by atoms with Gasteiger partial charge in [-0.2, -0.15) is 4.98 Å². The number of aromatic nitrogens is 3. The molecule has 0 aliphatic heterocycles. The molecule has 5 nitrogen and oxygen atoms in total. The molecule has 0 bridgehead atoms. The van der Waals surface area contributed by atoms with Gasteiger partial charge in [0.25, 0.3) is 5.89 Å². The van der Waals surface area contributed by atoms with Gasteiger partial charge in [-0.15, -0.1) is 11.3 Å². The summed E-state index contributed by atoms with van der Waals surface area (Å²) in [6.45, 7) is 0.390. The Kier molecular flexibility index (Phi) is 3.53. The molecule has 0 spiro atoms. The zero-order chi connectivity index (χ0) is 13.9. The highest BCUT2D eigenvalue weighted by atomic mass is 32.1. The normalized spacial score (nSPS) is 10.9. The van der Waals surface area contributed by atoms with Crippen LogP contribution in [-0.2, 0) is 13.0 Å². The molecule has 1 aromatic carbocycles. The third-order valence-corrected chi connectivity index (χ3v) is 3.56. The number of hydrogen-bond donors (Lipinski definition) is 1. The number of rotatable bonds is 4. The van der Waals surface area contributed by atoms with Gasteiger partial charge in [0.15, 0.2) is 5.82 Å². The van der Waals surface area contributed by atoms with Crippen LogP contribution in [0, 0.1) is 5.82 Å². The van der Waals surface area contributed by atoms with Crippen molar-refractivity contribution < 1.29 is 8.91 Å². The molecule has 0 radical (unpaired) electrons. The van der Waals surface area contributed by atoms with Gasteiger partial charge < -0.3 is 10.3 Å². The molecule has 102 valence electrons. The van der Waals surface area contributed by atoms with Crippen molar-refractivity contribution >= 4 is 11.3 Å². The van der Waals surface area contributed by atoms with Gasteiger partial charge in [0, 0.05) is 18.3 Å². The van der Waals surface area contributed by atoms with Crippen molar-refractivity contribution in [2.45, 2.75) is 13.0 Å². The van der Waals surface area contributed by atoms with E-state index in [4.69, 9.17) is 10.3 Å². The van der Waals surface area contributed by atoms with Crippen LogP contribution in [0.4, 0.5) is 4.39 Å². The zero-order valence-corrected chi connectivity index (χ0v) is 11.2. The Hall–Kier alpha value is -2.12. The maximum absolute atomic E-state index is 12.8. The number of hydrogen-bond acceptors (Lipinski definition) is 6. The van der Waals surface area contributed by atoms with E-state index in [1.807, 2.05) is 5.38 Å². The summed E-state index contributed by atoms with van der Waals surface area (Å²) in [5, 5.41) is 6.55. The molecule has 0 amide bonds. The van der Waals surface area contributed by atoms with Crippen molar-refractivity contribution in [3.8, 4) is 11.6 Å². The van der Waals surface area contributed by atoms with Crippen molar-refractivity contribution in [3.63, 3.8) is 0 Å². The SMILES string of the molecule is NCc1nc(-c2nc(Cc3ccc(F)cc3)no2)cs1. The quantitative estimate of drug-likeness (QED) is 0.798. The van der Waals surface area contributed by atoms with Crippen molar-refractivity contribution in [1.82, 2.24) is 15.1 Å². The van der Waals surface area contributed by atoms with Crippen molar-refractivity contribution in [2.75, 3.05) is 0 Å². The van der Waals surface area contributed by atoms with E-state index in [0.717, 1.165) is 10.6 Å². The van der Waals surface area contributed by atoms with E-state index in [9.17, 15) is 4.39 Å². The summed E-state index contributed by atoms with van der Waals surface area (Å²) >= 11 is 1.45. The molecule has 0 saturated carbocycles. The maximum Gasteiger partial charge on any atom is 0.277 e. The Morgan fingerprint density at radius 3 is 2.70 bits per heavy atom. The highest BCUT2D eigenvalue weighted by molar-refractivity contribution is 7.09. The second-order valence-corrected chi connectivity index (χ2v) is 5.09. The molecule has 2 aromatic heterocycles. The summed E-state index contributed by atoms with van der Waals surface area (Å²) in [5.74, 6) is 0.645. The highest BCUT2D eigenvalue weighted by Gasteiger charge is 2.12. The van der Waals surface area contributed by atoms with Crippen LogP contribution in [0.1, 0.15) is 16.4 Å². The Balaban J connectivity index is 1.78. The lowest BCUT2D eigenvalue weighted by Crippen LogP contribution is -1.94. The van der Waals surface area contributed by atoms with Gasteiger partial charge in [-0.1, -0.05) is 17.3 Å². The third-order valence-electron chi connectivity index (χ3n) is 2.69. The maximum atomic E-state index is 12.8. The number of halogens is 1. The average molecular weight is 290 g/mol. The lowest BCUT2D eigenvalue weighted by atomic mass is 10.1. The van der Waals surface area contributed by atoms with Crippen LogP contribution < -0.4 is 5.73 Å². The van der Waals surface area contributed by atoms with Gasteiger partial charge in [0.05, 0.1) is 0 Å². The fourth-order valence-corrected chi connectivity index (χ4v) is 2.37. The Labute approximate surface area is 118 Å². The number of nitrogens with two attached hydrogens (primary N) is 1. The van der Waals surface area contributed by atoms with Gasteiger partial charge in [-0.3, -0.25) is 0 Å². The standard InChI is InChI=1S/C13H11FN4OS/c14-9-3-1-8(2-4-9)5-11-17-13(19-18-11)10-7-20-12(6-15)16-10/h1-4,7H,5-6,15H2. The van der Waals surface area contributed by atoms with Crippen LogP contribution in [0.3, 0.4) is 0 Å². The van der Waals surface area contributed by atoms with Gasteiger partial charge >= 0.3 is 0 Å². The third kappa shape index (κ3) is 2.73. The largest absolute Gasteiger partial charge is 0.332 e. The molecule has 7 heteroatoms. The lowest BCUT2D eigenvalue weighted by molar-refractivity contribution is 0.423. The van der Waals surface area contributed by atoms with Gasteiger partial charge in [-0.05, 0) is 17.7 Å². The van der Waals surface area contributed by atoms with Crippen LogP contribution in [0.25, 0.3) is 11.6 Å². The molecule has 20 heavy (non-hydrogen) atoms. The predicted octanol–water partition coefficient (Wildman–Crippen LogP) is 2.38. The summed E-state index contributed by atoms with van der Waals surface area (Å²) in [5.41, 5.74) is 7.06. The Bertz CT molecular complexity index is 707. The molecule has 0 aliphatic rings. The second-order valence-electron chi connectivity index (χ2n) is 4.15. The van der Waals surface area contributed by atoms with Crippen LogP contribution in [0.5, 0.6) is 0 Å². The van der Waals surface area contributed by atoms with E-state index in [2.05, 4.69) is 15.1 Å². The molecule has 0 saturated heterocycles. The minimum Gasteiger partial charge on any atom is -0.332 e. The first-order valence-corrected chi connectivity index (χ1v) is 6.84. The fraction of sp³-hybridized carbons (Fsp3) is 0.154. The van der Waals surface area contributed by atoms with E-state index >= 15 is 0 Å². The molecular formula is C13H11FN4OS. The Morgan fingerprint density at radius 2 is 2.00 bits per heavy atom. The molecular weight excluding hydrogens is 279 g/mol. The van der Waals surface area contributed by atoms with E-state index in [1.165, 1.54) is 23.5 Å². The highest BCUT2D eigenvalue weighted by Crippen LogP contribution is 2.20. The fourth-order valence-electron chi connectivity index (χ4n) is 1.72. The van der Waals surface area contributed by atoms with Gasteiger partial charge in [0.2, 0.25) is 0 Å². The lowest BCUT2D eigenvalue weighted by Gasteiger charge is -1.95. The smallest absolute Gasteiger partial charge is 0.277 e. The number of thiazole rings is 1. The van der Waals surface area contributed by atoms with Gasteiger partial charge in [-0.25, -0.2) is 9.37 Å². The molecule has 3 rings (SSSR count). The molecule has 3 aromatic rings. The molecule has 0 atom stereocenters. The monoisotopic (exact) mass is 290 g/mol. The van der Waals surface area contributed by atoms with Crippen LogP contribution in [0.2, 0.25) is 0 Å². The van der Waals surface area contributed by atoms with Crippen LogP contribution in [-0.4, -0.2) is 15.1 Å². The van der Waals surface area contributed by atoms with Crippen molar-refractivity contribution in [2.24, 2.45) is 5.73 Å². The average Bonchev–Trinajstić information content (AvgIpc) is 3.10. The zero-order valence-electron chi connectivity index (χ0n) is 10.4. The first-order valence-electron chi connectivity index (χ1n) is 5.96. The molecule has 0 aliphatic carbocycles. The topological polar surface area (TPSA) is 77.8 Å². The number of benzene rings is 1. The summed E-state index contributed by atoms with van der Waals surface area (Å²) in [7, 11) is 0. The number of nitrogens with zero attached hydrogens (tertiary/aromatic N) is 3. The van der Waals surface area contributed by atoms with E-state index in [1.54, 1.807) is 12.1 Å². The summed E-state index contributed by atoms with van der Waals surface area (Å²) in [6, 6.07) is 6.20. The summed E-state index contributed by atoms with van der Waals surface area (Å²) < 4.78 is 18.0. The minimum absolute atomic E-state index is 0.265. The molecule has 2 N–H and O–H groups in total. The molecule has 2 heterocycles. The first-order chi connectivity index (χ1) is 9.74. The minimum atomic E-state index is -0.265. The summed E-state index contributed by atoms with van der Waals surface area (Å²) in [6.07, 6.45) is 0.484. The van der Waals surface area contributed by atoms with Crippen LogP contribution in [0.15, 0.2) is 34.2 Å². The van der Waals surface area contributed by atoms with Crippen LogP contribution >= 0.6 is 11.3 Å². The summed E-state index contributed by atoms with van der Waals surface area (Å²) in [4.78, 5) is 8.56. The van der Waals surface area contributed by atoms with E-state index < -0.39 is 0 Å². The molecule has 0 fully saturated rings. The Morgan fingerprint density at radius 1 is 1.20 bits per heavy atom. The molecule has 0 unspecified atom stereocenters. The second kappa shape index (κ2) is 5.48. The predicted molar refractivity (Wildman–Crippen MR) is 72.5 cm³/mol. The van der Waals surface area contributed by atoms with Gasteiger partial charge in [0.1, 0.15) is 16.5 Å². The van der Waals surface area contributed by atoms with E-state index in [0.29, 0.717) is 30.4 Å². The van der Waals surface area contributed by atoms with Crippen molar-refractivity contribution in [1.29, 1.82) is 0 Å². The van der Waals surface area contributed by atoms with Crippen molar-refractivity contribution in [3.05, 3.63) is 51.9 Å².